The maximum Gasteiger partial charge on any atom is 0.416 e. The van der Waals surface area contributed by atoms with Gasteiger partial charge in [-0.3, -0.25) is 5.32 Å². The first-order chi connectivity index (χ1) is 14.9. The molecule has 12 heteroatoms. The minimum atomic E-state index is -4.69. The largest absolute Gasteiger partial charge is 0.434 e. The average molecular weight is 459 g/mol. The highest BCUT2D eigenvalue weighted by atomic mass is 19.4. The Hall–Kier alpha value is -3.02. The van der Waals surface area contributed by atoms with Crippen molar-refractivity contribution in [1.82, 2.24) is 15.6 Å². The number of anilines is 1. The lowest BCUT2D eigenvalue weighted by molar-refractivity contribution is -0.137. The molecule has 1 aromatic heterocycles. The molecule has 174 valence electrons. The summed E-state index contributed by atoms with van der Waals surface area (Å²) in [6, 6.07) is 1.71. The van der Waals surface area contributed by atoms with Crippen molar-refractivity contribution in [2.24, 2.45) is 4.99 Å². The number of amidine groups is 1. The van der Waals surface area contributed by atoms with E-state index in [0.717, 1.165) is 18.3 Å². The average Bonchev–Trinajstić information content (AvgIpc) is 2.72. The number of aromatic nitrogens is 1. The minimum Gasteiger partial charge on any atom is -0.434 e. The molecule has 0 aromatic carbocycles. The summed E-state index contributed by atoms with van der Waals surface area (Å²) in [5, 5.41) is 5.30. The fourth-order valence-corrected chi connectivity index (χ4v) is 3.47. The van der Waals surface area contributed by atoms with Gasteiger partial charge in [0, 0.05) is 44.9 Å². The van der Waals surface area contributed by atoms with Crippen molar-refractivity contribution < 1.29 is 31.5 Å². The molecule has 3 heterocycles. The number of carbonyl (C=O) groups is 1. The van der Waals surface area contributed by atoms with Crippen LogP contribution in [-0.4, -0.2) is 55.1 Å². The molecule has 2 fully saturated rings. The van der Waals surface area contributed by atoms with Crippen LogP contribution in [0.3, 0.4) is 0 Å². The van der Waals surface area contributed by atoms with E-state index in [9.17, 15) is 26.7 Å². The van der Waals surface area contributed by atoms with E-state index in [4.69, 9.17) is 4.74 Å². The fraction of sp³-hybridized carbons (Fsp3) is 0.450. The van der Waals surface area contributed by atoms with Crippen LogP contribution in [0.2, 0.25) is 0 Å². The predicted octanol–water partition coefficient (Wildman–Crippen LogP) is 3.59. The van der Waals surface area contributed by atoms with Gasteiger partial charge in [-0.1, -0.05) is 6.58 Å². The Balaban J connectivity index is 2.22. The molecule has 0 saturated carbocycles. The zero-order chi connectivity index (χ0) is 23.7. The molecule has 32 heavy (non-hydrogen) atoms. The molecule has 2 N–H and O–H groups in total. The first kappa shape index (κ1) is 23.6. The van der Waals surface area contributed by atoms with Crippen molar-refractivity contribution in [3.8, 4) is 0 Å². The molecule has 1 amide bonds. The molecule has 0 spiro atoms. The number of alkyl carbamates (subject to hydrolysis) is 1. The van der Waals surface area contributed by atoms with Gasteiger partial charge in [0.2, 0.25) is 0 Å². The Morgan fingerprint density at radius 3 is 2.50 bits per heavy atom. The number of amides is 1. The van der Waals surface area contributed by atoms with Crippen molar-refractivity contribution in [3.05, 3.63) is 41.7 Å². The summed E-state index contributed by atoms with van der Waals surface area (Å²) >= 11 is 0. The highest BCUT2D eigenvalue weighted by Gasteiger charge is 2.46. The van der Waals surface area contributed by atoms with Gasteiger partial charge in [0.15, 0.2) is 6.10 Å². The van der Waals surface area contributed by atoms with Crippen molar-refractivity contribution in [2.75, 3.05) is 31.1 Å². The number of aliphatic imine (C=N–C) groups is 1. The number of piperazine rings is 1. The van der Waals surface area contributed by atoms with Crippen molar-refractivity contribution in [3.63, 3.8) is 0 Å². The molecule has 2 saturated heterocycles. The number of hydrogen-bond acceptors (Lipinski definition) is 6. The molecule has 7 nitrogen and oxygen atoms in total. The van der Waals surface area contributed by atoms with E-state index in [0.29, 0.717) is 33.1 Å². The van der Waals surface area contributed by atoms with E-state index in [1.807, 2.05) is 0 Å². The maximum absolute atomic E-state index is 14.3. The molecule has 1 atom stereocenters. The lowest BCUT2D eigenvalue weighted by Crippen LogP contribution is -2.51. The van der Waals surface area contributed by atoms with E-state index in [2.05, 4.69) is 27.2 Å². The summed E-state index contributed by atoms with van der Waals surface area (Å²) in [4.78, 5) is 21.6. The Bertz CT molecular complexity index is 962. The van der Waals surface area contributed by atoms with Crippen molar-refractivity contribution in [2.45, 2.75) is 32.1 Å². The first-order valence-electron chi connectivity index (χ1n) is 9.72. The Labute approximate surface area is 181 Å². The minimum absolute atomic E-state index is 0.0420. The van der Waals surface area contributed by atoms with Crippen molar-refractivity contribution in [1.29, 1.82) is 0 Å². The monoisotopic (exact) mass is 459 g/mol. The van der Waals surface area contributed by atoms with Gasteiger partial charge < -0.3 is 15.0 Å². The summed E-state index contributed by atoms with van der Waals surface area (Å²) in [5.41, 5.74) is -1.48. The van der Waals surface area contributed by atoms with E-state index < -0.39 is 29.9 Å². The van der Waals surface area contributed by atoms with Crippen LogP contribution in [0.1, 0.15) is 25.1 Å². The highest BCUT2D eigenvalue weighted by molar-refractivity contribution is 6.13. The number of alkyl halides is 5. The third kappa shape index (κ3) is 5.06. The number of nitrogens with zero attached hydrogens (tertiary/aromatic N) is 3. The van der Waals surface area contributed by atoms with Crippen LogP contribution in [0, 0.1) is 0 Å². The normalized spacial score (nSPS) is 23.0. The second-order valence-corrected chi connectivity index (χ2v) is 7.40. The van der Waals surface area contributed by atoms with E-state index in [-0.39, 0.29) is 28.5 Å². The number of halogens is 5. The van der Waals surface area contributed by atoms with Crippen molar-refractivity contribution >= 4 is 23.3 Å². The smallest absolute Gasteiger partial charge is 0.416 e. The van der Waals surface area contributed by atoms with Crippen LogP contribution in [-0.2, 0) is 10.9 Å². The summed E-state index contributed by atoms with van der Waals surface area (Å²) in [7, 11) is 0. The topological polar surface area (TPSA) is 78.8 Å². The number of rotatable bonds is 4. The zero-order valence-electron chi connectivity index (χ0n) is 17.4. The zero-order valence-corrected chi connectivity index (χ0v) is 17.4. The Kier molecular flexibility index (Phi) is 6.54. The summed E-state index contributed by atoms with van der Waals surface area (Å²) in [6.07, 6.45) is -6.90. The van der Waals surface area contributed by atoms with Crippen LogP contribution in [0.15, 0.2) is 35.5 Å². The summed E-state index contributed by atoms with van der Waals surface area (Å²) in [6.45, 7) is 7.25. The fourth-order valence-electron chi connectivity index (χ4n) is 3.47. The van der Waals surface area contributed by atoms with Gasteiger partial charge in [0.1, 0.15) is 11.7 Å². The van der Waals surface area contributed by atoms with Crippen LogP contribution < -0.4 is 15.5 Å². The SMILES string of the molecule is C=CN=C1NC(=O)O[C@@H](C(C)(F)F)/C1=C(/C)c1cc(C(F)(F)F)cc(N2CCNCC2)n1. The van der Waals surface area contributed by atoms with Gasteiger partial charge in [-0.2, -0.15) is 13.2 Å². The van der Waals surface area contributed by atoms with Gasteiger partial charge in [0.25, 0.3) is 5.92 Å². The van der Waals surface area contributed by atoms with Crippen LogP contribution in [0.5, 0.6) is 0 Å². The number of carbonyl (C=O) groups excluding carboxylic acids is 1. The molecular weight excluding hydrogens is 437 g/mol. The Morgan fingerprint density at radius 2 is 1.94 bits per heavy atom. The van der Waals surface area contributed by atoms with E-state index in [1.54, 1.807) is 4.90 Å². The van der Waals surface area contributed by atoms with Crippen LogP contribution in [0.25, 0.3) is 5.57 Å². The third-order valence-electron chi connectivity index (χ3n) is 5.01. The number of nitrogens with one attached hydrogen (secondary N) is 2. The molecule has 2 aliphatic rings. The molecule has 1 aromatic rings. The first-order valence-corrected chi connectivity index (χ1v) is 9.72. The number of ether oxygens (including phenoxy) is 1. The molecule has 0 unspecified atom stereocenters. The number of pyridine rings is 1. The molecule has 0 radical (unpaired) electrons. The lowest BCUT2D eigenvalue weighted by Gasteiger charge is -2.33. The van der Waals surface area contributed by atoms with Crippen LogP contribution >= 0.6 is 0 Å². The molecule has 0 bridgehead atoms. The Morgan fingerprint density at radius 1 is 1.28 bits per heavy atom. The number of hydrogen-bond donors (Lipinski definition) is 2. The highest BCUT2D eigenvalue weighted by Crippen LogP contribution is 2.37. The third-order valence-corrected chi connectivity index (χ3v) is 5.01. The van der Waals surface area contributed by atoms with Gasteiger partial charge in [-0.15, -0.1) is 0 Å². The standard InChI is InChI=1S/C20H22F5N5O2/c1-4-27-17-15(16(19(3,21)22)32-18(31)29-17)11(2)13-9-12(20(23,24)25)10-14(28-13)30-7-5-26-6-8-30/h4,9-10,16,26H,1,5-8H2,2-3H3,(H,27,29,31)/b15-11+/t16-/m1/s1. The molecular formula is C20H22F5N5O2. The van der Waals surface area contributed by atoms with Crippen LogP contribution in [0.4, 0.5) is 32.6 Å². The second-order valence-electron chi connectivity index (χ2n) is 7.40. The lowest BCUT2D eigenvalue weighted by atomic mass is 9.94. The van der Waals surface area contributed by atoms with E-state index >= 15 is 0 Å². The summed E-state index contributed by atoms with van der Waals surface area (Å²) in [5.74, 6) is -3.76. The summed E-state index contributed by atoms with van der Waals surface area (Å²) < 4.78 is 74.3. The van der Waals surface area contributed by atoms with Gasteiger partial charge in [-0.05, 0) is 24.6 Å². The number of allylic oxidation sites excluding steroid dienone is 1. The second kappa shape index (κ2) is 8.85. The maximum atomic E-state index is 14.3. The molecule has 3 rings (SSSR count). The van der Waals surface area contributed by atoms with Gasteiger partial charge in [0.05, 0.1) is 11.3 Å². The predicted molar refractivity (Wildman–Crippen MR) is 109 cm³/mol. The number of cyclic esters (lactones) is 1. The molecule has 2 aliphatic heterocycles. The van der Waals surface area contributed by atoms with Gasteiger partial charge in [-0.25, -0.2) is 23.6 Å². The van der Waals surface area contributed by atoms with E-state index in [1.165, 1.54) is 6.92 Å². The quantitative estimate of drug-likeness (QED) is 0.673. The molecule has 0 aliphatic carbocycles. The van der Waals surface area contributed by atoms with Gasteiger partial charge >= 0.3 is 12.3 Å².